The van der Waals surface area contributed by atoms with Gasteiger partial charge in [-0.1, -0.05) is 60.8 Å². The Balaban J connectivity index is 2.00. The smallest absolute Gasteiger partial charge is 0.264 e. The molecule has 0 saturated heterocycles. The van der Waals surface area contributed by atoms with Crippen LogP contribution in [0.4, 0.5) is 10.1 Å². The Hall–Kier alpha value is -3.43. The Kier molecular flexibility index (Phi) is 10.5. The average Bonchev–Trinajstić information content (AvgIpc) is 2.91. The summed E-state index contributed by atoms with van der Waals surface area (Å²) < 4.78 is 43.1. The number of anilines is 1. The number of carbonyl (C=O) groups is 2. The predicted molar refractivity (Wildman–Crippen MR) is 151 cm³/mol. The van der Waals surface area contributed by atoms with Gasteiger partial charge >= 0.3 is 0 Å². The van der Waals surface area contributed by atoms with Crippen LogP contribution in [-0.4, -0.2) is 44.3 Å². The summed E-state index contributed by atoms with van der Waals surface area (Å²) in [6.07, 6.45) is 1.64. The molecule has 3 rings (SSSR count). The van der Waals surface area contributed by atoms with E-state index in [9.17, 15) is 22.4 Å². The van der Waals surface area contributed by atoms with Crippen molar-refractivity contribution in [2.45, 2.75) is 51.1 Å². The van der Waals surface area contributed by atoms with E-state index in [4.69, 9.17) is 11.6 Å². The fraction of sp³-hybridized carbons (Fsp3) is 0.310. The fourth-order valence-electron chi connectivity index (χ4n) is 3.90. The highest BCUT2D eigenvalue weighted by Crippen LogP contribution is 2.26. The third-order valence-electron chi connectivity index (χ3n) is 6.30. The monoisotopic (exact) mass is 573 g/mol. The van der Waals surface area contributed by atoms with Gasteiger partial charge in [0, 0.05) is 23.7 Å². The molecular formula is C29H33ClFN3O4S. The quantitative estimate of drug-likeness (QED) is 0.297. The second kappa shape index (κ2) is 13.6. The van der Waals surface area contributed by atoms with Crippen molar-refractivity contribution < 1.29 is 22.4 Å². The van der Waals surface area contributed by atoms with E-state index in [2.05, 4.69) is 5.32 Å². The molecule has 2 amide bonds. The molecule has 1 N–H and O–H groups in total. The van der Waals surface area contributed by atoms with Gasteiger partial charge in [-0.25, -0.2) is 12.8 Å². The number of hydrogen-bond donors (Lipinski definition) is 1. The maximum atomic E-state index is 14.6. The summed E-state index contributed by atoms with van der Waals surface area (Å²) in [7, 11) is -4.19. The lowest BCUT2D eigenvalue weighted by atomic mass is 10.1. The van der Waals surface area contributed by atoms with Crippen LogP contribution >= 0.6 is 11.6 Å². The highest BCUT2D eigenvalue weighted by atomic mass is 35.5. The number of nitrogens with zero attached hydrogens (tertiary/aromatic N) is 2. The van der Waals surface area contributed by atoms with Gasteiger partial charge in [0.2, 0.25) is 11.8 Å². The molecule has 10 heteroatoms. The van der Waals surface area contributed by atoms with E-state index in [1.807, 2.05) is 13.8 Å². The molecule has 0 saturated carbocycles. The summed E-state index contributed by atoms with van der Waals surface area (Å²) in [5.74, 6) is -1.61. The Bertz CT molecular complexity index is 1380. The van der Waals surface area contributed by atoms with Crippen molar-refractivity contribution in [3.63, 3.8) is 0 Å². The highest BCUT2D eigenvalue weighted by molar-refractivity contribution is 7.92. The van der Waals surface area contributed by atoms with Crippen LogP contribution in [0, 0.1) is 12.7 Å². The van der Waals surface area contributed by atoms with Crippen LogP contribution in [0.2, 0.25) is 5.02 Å². The van der Waals surface area contributed by atoms with Crippen molar-refractivity contribution in [3.8, 4) is 0 Å². The molecule has 0 aliphatic heterocycles. The zero-order chi connectivity index (χ0) is 28.6. The molecule has 0 radical (unpaired) electrons. The third kappa shape index (κ3) is 7.80. The normalized spacial score (nSPS) is 12.0. The molecule has 0 unspecified atom stereocenters. The first-order valence-electron chi connectivity index (χ1n) is 12.7. The maximum absolute atomic E-state index is 14.6. The molecule has 208 valence electrons. The number of rotatable bonds is 12. The molecule has 3 aromatic rings. The van der Waals surface area contributed by atoms with Crippen molar-refractivity contribution in [1.82, 2.24) is 10.2 Å². The molecule has 39 heavy (non-hydrogen) atoms. The summed E-state index contributed by atoms with van der Waals surface area (Å²) in [6, 6.07) is 17.3. The van der Waals surface area contributed by atoms with Gasteiger partial charge in [0.05, 0.1) is 10.6 Å². The number of hydrogen-bond acceptors (Lipinski definition) is 4. The van der Waals surface area contributed by atoms with E-state index in [-0.39, 0.29) is 22.7 Å². The Labute approximate surface area is 234 Å². The van der Waals surface area contributed by atoms with Gasteiger partial charge < -0.3 is 10.2 Å². The largest absolute Gasteiger partial charge is 0.354 e. The van der Waals surface area contributed by atoms with Crippen molar-refractivity contribution in [2.75, 3.05) is 17.4 Å². The zero-order valence-corrected chi connectivity index (χ0v) is 23.8. The first-order chi connectivity index (χ1) is 18.5. The Morgan fingerprint density at radius 3 is 2.26 bits per heavy atom. The number of unbranched alkanes of at least 4 members (excludes halogenated alkanes) is 1. The fourth-order valence-corrected chi connectivity index (χ4v) is 5.44. The lowest BCUT2D eigenvalue weighted by Crippen LogP contribution is -2.51. The van der Waals surface area contributed by atoms with E-state index >= 15 is 0 Å². The number of nitrogens with one attached hydrogen (secondary N) is 1. The summed E-state index contributed by atoms with van der Waals surface area (Å²) in [5, 5.41) is 3.20. The van der Waals surface area contributed by atoms with E-state index in [0.717, 1.165) is 22.7 Å². The van der Waals surface area contributed by atoms with Gasteiger partial charge in [-0.05, 0) is 62.7 Å². The van der Waals surface area contributed by atoms with Gasteiger partial charge in [0.1, 0.15) is 18.4 Å². The number of aryl methyl sites for hydroxylation is 1. The maximum Gasteiger partial charge on any atom is 0.264 e. The van der Waals surface area contributed by atoms with Crippen molar-refractivity contribution in [1.29, 1.82) is 0 Å². The van der Waals surface area contributed by atoms with Crippen LogP contribution in [0.1, 0.15) is 37.8 Å². The standard InChI is InChI=1S/C29H33ClFN3O4S/c1-4-5-18-32-29(36)22(3)33(19-23-8-6-7-9-27(23)31)28(35)20-34(25-14-12-24(30)13-15-25)39(37,38)26-16-10-21(2)11-17-26/h6-17,22H,4-5,18-20H2,1-3H3,(H,32,36)/t22-/m0/s1. The summed E-state index contributed by atoms with van der Waals surface area (Å²) in [4.78, 5) is 27.9. The minimum Gasteiger partial charge on any atom is -0.354 e. The lowest BCUT2D eigenvalue weighted by Gasteiger charge is -2.32. The molecule has 0 aliphatic carbocycles. The van der Waals surface area contributed by atoms with Gasteiger partial charge in [-0.15, -0.1) is 0 Å². The number of halogens is 2. The highest BCUT2D eigenvalue weighted by Gasteiger charge is 2.32. The van der Waals surface area contributed by atoms with E-state index in [0.29, 0.717) is 11.6 Å². The minimum atomic E-state index is -4.19. The number of benzene rings is 3. The number of sulfonamides is 1. The Morgan fingerprint density at radius 1 is 1.00 bits per heavy atom. The van der Waals surface area contributed by atoms with Gasteiger partial charge in [0.25, 0.3) is 10.0 Å². The van der Waals surface area contributed by atoms with Crippen LogP contribution < -0.4 is 9.62 Å². The van der Waals surface area contributed by atoms with E-state index in [1.165, 1.54) is 59.5 Å². The number of carbonyl (C=O) groups excluding carboxylic acids is 2. The summed E-state index contributed by atoms with van der Waals surface area (Å²) in [5.41, 5.74) is 1.31. The van der Waals surface area contributed by atoms with Crippen LogP contribution in [0.15, 0.2) is 77.7 Å². The molecule has 0 bridgehead atoms. The molecular weight excluding hydrogens is 541 g/mol. The second-order valence-electron chi connectivity index (χ2n) is 9.23. The minimum absolute atomic E-state index is 0.00172. The topological polar surface area (TPSA) is 86.8 Å². The van der Waals surface area contributed by atoms with Crippen molar-refractivity contribution >= 4 is 39.1 Å². The lowest BCUT2D eigenvalue weighted by molar-refractivity contribution is -0.139. The van der Waals surface area contributed by atoms with Gasteiger partial charge in [0.15, 0.2) is 0 Å². The summed E-state index contributed by atoms with van der Waals surface area (Å²) >= 11 is 6.03. The van der Waals surface area contributed by atoms with Gasteiger partial charge in [-0.2, -0.15) is 0 Å². The van der Waals surface area contributed by atoms with Crippen molar-refractivity contribution in [2.24, 2.45) is 0 Å². The van der Waals surface area contributed by atoms with Crippen LogP contribution in [0.5, 0.6) is 0 Å². The zero-order valence-electron chi connectivity index (χ0n) is 22.2. The predicted octanol–water partition coefficient (Wildman–Crippen LogP) is 5.32. The molecule has 0 heterocycles. The van der Waals surface area contributed by atoms with E-state index < -0.39 is 40.2 Å². The third-order valence-corrected chi connectivity index (χ3v) is 8.34. The molecule has 3 aromatic carbocycles. The first kappa shape index (κ1) is 30.1. The molecule has 1 atom stereocenters. The molecule has 0 aromatic heterocycles. The first-order valence-corrected chi connectivity index (χ1v) is 14.5. The molecule has 0 fully saturated rings. The summed E-state index contributed by atoms with van der Waals surface area (Å²) in [6.45, 7) is 4.97. The SMILES string of the molecule is CCCCNC(=O)[C@H](C)N(Cc1ccccc1F)C(=O)CN(c1ccc(Cl)cc1)S(=O)(=O)c1ccc(C)cc1. The van der Waals surface area contributed by atoms with Crippen LogP contribution in [-0.2, 0) is 26.2 Å². The molecule has 0 spiro atoms. The molecule has 0 aliphatic rings. The van der Waals surface area contributed by atoms with Crippen LogP contribution in [0.3, 0.4) is 0 Å². The van der Waals surface area contributed by atoms with E-state index in [1.54, 1.807) is 25.1 Å². The van der Waals surface area contributed by atoms with Crippen molar-refractivity contribution in [3.05, 3.63) is 94.8 Å². The number of amides is 2. The molecule has 7 nitrogen and oxygen atoms in total. The van der Waals surface area contributed by atoms with Gasteiger partial charge in [-0.3, -0.25) is 13.9 Å². The second-order valence-corrected chi connectivity index (χ2v) is 11.5. The Morgan fingerprint density at radius 2 is 1.64 bits per heavy atom. The van der Waals surface area contributed by atoms with Crippen LogP contribution in [0.25, 0.3) is 0 Å². The average molecular weight is 574 g/mol.